The number of aromatic nitrogens is 1. The number of hydrogen-bond acceptors (Lipinski definition) is 4. The molecule has 0 amide bonds. The Morgan fingerprint density at radius 3 is 2.57 bits per heavy atom. The first-order valence-electron chi connectivity index (χ1n) is 10.9. The average molecular weight is 525 g/mol. The molecule has 1 aromatic carbocycles. The molecule has 166 valence electrons. The third kappa shape index (κ3) is 8.26. The van der Waals surface area contributed by atoms with Crippen molar-refractivity contribution in [1.29, 1.82) is 0 Å². The molecule has 0 saturated carbocycles. The number of unbranched alkanes of at least 4 members (excludes halogenated alkanes) is 2. The van der Waals surface area contributed by atoms with Crippen LogP contribution in [0.25, 0.3) is 11.5 Å². The Morgan fingerprint density at radius 2 is 1.83 bits per heavy atom. The Morgan fingerprint density at radius 1 is 1.07 bits per heavy atom. The van der Waals surface area contributed by atoms with E-state index in [1.54, 1.807) is 13.3 Å². The summed E-state index contributed by atoms with van der Waals surface area (Å²) in [6.45, 7) is 7.44. The van der Waals surface area contributed by atoms with E-state index in [4.69, 9.17) is 4.42 Å². The molecule has 2 heterocycles. The summed E-state index contributed by atoms with van der Waals surface area (Å²) in [6.07, 6.45) is 9.57. The van der Waals surface area contributed by atoms with E-state index in [2.05, 4.69) is 44.6 Å². The highest BCUT2D eigenvalue weighted by molar-refractivity contribution is 14.0. The highest BCUT2D eigenvalue weighted by atomic mass is 127. The van der Waals surface area contributed by atoms with Gasteiger partial charge in [0, 0.05) is 19.2 Å². The maximum absolute atomic E-state index is 5.62. The maximum atomic E-state index is 5.62. The van der Waals surface area contributed by atoms with Crippen LogP contribution in [-0.2, 0) is 6.54 Å². The third-order valence-electron chi connectivity index (χ3n) is 5.40. The molecule has 3 rings (SSSR count). The minimum Gasteiger partial charge on any atom is -0.444 e. The van der Waals surface area contributed by atoms with Crippen LogP contribution in [0.5, 0.6) is 0 Å². The van der Waals surface area contributed by atoms with Crippen LogP contribution in [0.4, 0.5) is 0 Å². The van der Waals surface area contributed by atoms with E-state index in [-0.39, 0.29) is 24.0 Å². The SMILES string of the molecule is CN=C(NCCCCCN1CCCCC1)NCc1coc(-c2ccc(C)cc2)n1.I. The van der Waals surface area contributed by atoms with Crippen molar-refractivity contribution in [3.05, 3.63) is 41.8 Å². The smallest absolute Gasteiger partial charge is 0.226 e. The summed E-state index contributed by atoms with van der Waals surface area (Å²) in [5.41, 5.74) is 3.09. The number of aryl methyl sites for hydroxylation is 1. The van der Waals surface area contributed by atoms with Gasteiger partial charge in [-0.2, -0.15) is 0 Å². The lowest BCUT2D eigenvalue weighted by molar-refractivity contribution is 0.224. The van der Waals surface area contributed by atoms with Crippen molar-refractivity contribution in [3.8, 4) is 11.5 Å². The molecule has 1 saturated heterocycles. The second-order valence-electron chi connectivity index (χ2n) is 7.83. The standard InChI is InChI=1S/C23H35N5O.HI/c1-19-9-11-20(12-10-19)22-27-21(18-29-22)17-26-23(24-2)25-13-5-3-6-14-28-15-7-4-8-16-28;/h9-12,18H,3-8,13-17H2,1-2H3,(H2,24,25,26);1H. The number of likely N-dealkylation sites (tertiary alicyclic amines) is 1. The minimum absolute atomic E-state index is 0. The second kappa shape index (κ2) is 13.6. The van der Waals surface area contributed by atoms with E-state index in [0.29, 0.717) is 12.4 Å². The zero-order valence-corrected chi connectivity index (χ0v) is 20.7. The van der Waals surface area contributed by atoms with E-state index in [9.17, 15) is 0 Å². The van der Waals surface area contributed by atoms with E-state index in [0.717, 1.165) is 30.2 Å². The monoisotopic (exact) mass is 525 g/mol. The molecule has 0 unspecified atom stereocenters. The number of halogens is 1. The molecule has 7 heteroatoms. The van der Waals surface area contributed by atoms with E-state index in [1.807, 2.05) is 12.1 Å². The molecule has 0 aliphatic carbocycles. The van der Waals surface area contributed by atoms with Crippen molar-refractivity contribution in [1.82, 2.24) is 20.5 Å². The lowest BCUT2D eigenvalue weighted by atomic mass is 10.1. The van der Waals surface area contributed by atoms with Gasteiger partial charge in [-0.25, -0.2) is 4.98 Å². The predicted octanol–water partition coefficient (Wildman–Crippen LogP) is 4.59. The number of hydrogen-bond donors (Lipinski definition) is 2. The molecular weight excluding hydrogens is 489 g/mol. The summed E-state index contributed by atoms with van der Waals surface area (Å²) in [6, 6.07) is 8.19. The Balaban J connectivity index is 0.00000320. The number of piperidine rings is 1. The summed E-state index contributed by atoms with van der Waals surface area (Å²) in [5.74, 6) is 1.46. The average Bonchev–Trinajstić information content (AvgIpc) is 3.23. The first-order chi connectivity index (χ1) is 14.2. The fourth-order valence-electron chi connectivity index (χ4n) is 3.64. The van der Waals surface area contributed by atoms with Crippen LogP contribution in [0, 0.1) is 6.92 Å². The van der Waals surface area contributed by atoms with Gasteiger partial charge in [0.05, 0.1) is 12.2 Å². The third-order valence-corrected chi connectivity index (χ3v) is 5.40. The van der Waals surface area contributed by atoms with Gasteiger partial charge in [-0.05, 0) is 64.4 Å². The lowest BCUT2D eigenvalue weighted by Crippen LogP contribution is -2.37. The van der Waals surface area contributed by atoms with Crippen molar-refractivity contribution in [2.24, 2.45) is 4.99 Å². The van der Waals surface area contributed by atoms with Gasteiger partial charge in [0.15, 0.2) is 5.96 Å². The fourth-order valence-corrected chi connectivity index (χ4v) is 3.64. The van der Waals surface area contributed by atoms with Crippen LogP contribution in [0.15, 0.2) is 39.9 Å². The molecule has 0 radical (unpaired) electrons. The molecule has 0 atom stereocenters. The maximum Gasteiger partial charge on any atom is 0.226 e. The van der Waals surface area contributed by atoms with Gasteiger partial charge in [-0.1, -0.05) is 30.5 Å². The number of aliphatic imine (C=N–C) groups is 1. The number of guanidine groups is 1. The van der Waals surface area contributed by atoms with Crippen LogP contribution < -0.4 is 10.6 Å². The first kappa shape index (κ1) is 24.7. The van der Waals surface area contributed by atoms with Crippen LogP contribution in [-0.4, -0.2) is 49.1 Å². The van der Waals surface area contributed by atoms with Gasteiger partial charge in [0.1, 0.15) is 6.26 Å². The highest BCUT2D eigenvalue weighted by Crippen LogP contribution is 2.19. The molecule has 0 bridgehead atoms. The van der Waals surface area contributed by atoms with Gasteiger partial charge in [-0.3, -0.25) is 4.99 Å². The van der Waals surface area contributed by atoms with E-state index < -0.39 is 0 Å². The number of benzene rings is 1. The Bertz CT molecular complexity index is 753. The quantitative estimate of drug-likeness (QED) is 0.217. The van der Waals surface area contributed by atoms with Gasteiger partial charge >= 0.3 is 0 Å². The number of oxazole rings is 1. The molecule has 6 nitrogen and oxygen atoms in total. The van der Waals surface area contributed by atoms with Gasteiger partial charge in [0.25, 0.3) is 0 Å². The van der Waals surface area contributed by atoms with Gasteiger partial charge in [-0.15, -0.1) is 24.0 Å². The Hall–Kier alpha value is -1.61. The van der Waals surface area contributed by atoms with Crippen LogP contribution in [0.1, 0.15) is 49.8 Å². The molecule has 1 fully saturated rings. The topological polar surface area (TPSA) is 65.7 Å². The summed E-state index contributed by atoms with van der Waals surface area (Å²) in [5, 5.41) is 6.70. The van der Waals surface area contributed by atoms with Crippen molar-refractivity contribution in [2.45, 2.75) is 52.0 Å². The normalized spacial score (nSPS) is 14.9. The summed E-state index contributed by atoms with van der Waals surface area (Å²) in [4.78, 5) is 11.5. The van der Waals surface area contributed by atoms with Crippen LogP contribution in [0.2, 0.25) is 0 Å². The van der Waals surface area contributed by atoms with Crippen molar-refractivity contribution in [3.63, 3.8) is 0 Å². The molecule has 1 aliphatic heterocycles. The van der Waals surface area contributed by atoms with Gasteiger partial charge < -0.3 is 20.0 Å². The number of nitrogens with one attached hydrogen (secondary N) is 2. The minimum atomic E-state index is 0. The molecule has 0 spiro atoms. The molecular formula is C23H36IN5O. The summed E-state index contributed by atoms with van der Waals surface area (Å²) >= 11 is 0. The zero-order valence-electron chi connectivity index (χ0n) is 18.3. The van der Waals surface area contributed by atoms with Crippen LogP contribution in [0.3, 0.4) is 0 Å². The molecule has 1 aliphatic rings. The summed E-state index contributed by atoms with van der Waals surface area (Å²) < 4.78 is 5.62. The molecule has 2 N–H and O–H groups in total. The highest BCUT2D eigenvalue weighted by Gasteiger charge is 2.09. The predicted molar refractivity (Wildman–Crippen MR) is 134 cm³/mol. The largest absolute Gasteiger partial charge is 0.444 e. The Kier molecular flexibility index (Phi) is 11.2. The van der Waals surface area contributed by atoms with E-state index in [1.165, 1.54) is 57.3 Å². The van der Waals surface area contributed by atoms with Crippen LogP contribution >= 0.6 is 24.0 Å². The molecule has 2 aromatic rings. The zero-order chi connectivity index (χ0) is 20.3. The number of rotatable bonds is 9. The van der Waals surface area contributed by atoms with Crippen molar-refractivity contribution >= 4 is 29.9 Å². The fraction of sp³-hybridized carbons (Fsp3) is 0.565. The lowest BCUT2D eigenvalue weighted by Gasteiger charge is -2.26. The first-order valence-corrected chi connectivity index (χ1v) is 10.9. The molecule has 30 heavy (non-hydrogen) atoms. The summed E-state index contributed by atoms with van der Waals surface area (Å²) in [7, 11) is 1.80. The molecule has 1 aromatic heterocycles. The second-order valence-corrected chi connectivity index (χ2v) is 7.83. The van der Waals surface area contributed by atoms with Gasteiger partial charge in [0.2, 0.25) is 5.89 Å². The Labute approximate surface area is 198 Å². The van der Waals surface area contributed by atoms with Crippen molar-refractivity contribution in [2.75, 3.05) is 33.2 Å². The van der Waals surface area contributed by atoms with E-state index >= 15 is 0 Å². The van der Waals surface area contributed by atoms with Crippen molar-refractivity contribution < 1.29 is 4.42 Å². The number of nitrogens with zero attached hydrogens (tertiary/aromatic N) is 3.